The molecule has 19 heavy (non-hydrogen) atoms. The van der Waals surface area contributed by atoms with E-state index in [1.807, 2.05) is 20.8 Å². The Morgan fingerprint density at radius 2 is 1.79 bits per heavy atom. The number of nitrogens with one attached hydrogen (secondary N) is 1. The first-order valence-electron chi connectivity index (χ1n) is 6.90. The smallest absolute Gasteiger partial charge is 0.422 e. The van der Waals surface area contributed by atoms with Gasteiger partial charge in [-0.05, 0) is 33.6 Å². The Bertz CT molecular complexity index is 324. The number of rotatable bonds is 2. The zero-order valence-corrected chi connectivity index (χ0v) is 11.9. The second-order valence-electron chi connectivity index (χ2n) is 6.30. The van der Waals surface area contributed by atoms with Gasteiger partial charge in [0.15, 0.2) is 5.79 Å². The van der Waals surface area contributed by atoms with Crippen molar-refractivity contribution in [3.63, 3.8) is 0 Å². The fourth-order valence-electron chi connectivity index (χ4n) is 2.69. The summed E-state index contributed by atoms with van der Waals surface area (Å²) in [5, 5.41) is 10.6. The molecular formula is C13H24N2O4. The molecule has 0 bridgehead atoms. The summed E-state index contributed by atoms with van der Waals surface area (Å²) in [6.07, 6.45) is 2.42. The molecular weight excluding hydrogens is 248 g/mol. The molecule has 0 unspecified atom stereocenters. The minimum atomic E-state index is -0.943. The van der Waals surface area contributed by atoms with Crippen LogP contribution in [0.25, 0.3) is 0 Å². The van der Waals surface area contributed by atoms with Crippen LogP contribution in [0.3, 0.4) is 0 Å². The molecule has 1 heterocycles. The van der Waals surface area contributed by atoms with E-state index in [-0.39, 0.29) is 6.04 Å². The van der Waals surface area contributed by atoms with Crippen LogP contribution in [0, 0.1) is 0 Å². The van der Waals surface area contributed by atoms with Gasteiger partial charge in [0.05, 0.1) is 18.8 Å². The van der Waals surface area contributed by atoms with Crippen LogP contribution in [0.15, 0.2) is 0 Å². The summed E-state index contributed by atoms with van der Waals surface area (Å²) in [6, 6.07) is 0.161. The van der Waals surface area contributed by atoms with E-state index in [1.165, 1.54) is 5.01 Å². The Balaban J connectivity index is 1.89. The average molecular weight is 272 g/mol. The van der Waals surface area contributed by atoms with Crippen LogP contribution < -0.4 is 5.43 Å². The summed E-state index contributed by atoms with van der Waals surface area (Å²) >= 11 is 0. The molecule has 0 aromatic heterocycles. The summed E-state index contributed by atoms with van der Waals surface area (Å²) in [6.45, 7) is 6.97. The molecule has 1 spiro atoms. The number of nitrogens with zero attached hydrogens (tertiary/aromatic N) is 1. The maximum Gasteiger partial charge on any atom is 0.422 e. The lowest BCUT2D eigenvalue weighted by Crippen LogP contribution is -2.58. The molecule has 1 aliphatic heterocycles. The van der Waals surface area contributed by atoms with Crippen molar-refractivity contribution in [1.29, 1.82) is 0 Å². The van der Waals surface area contributed by atoms with Crippen LogP contribution >= 0.6 is 0 Å². The van der Waals surface area contributed by atoms with Crippen LogP contribution in [0.4, 0.5) is 4.79 Å². The first-order chi connectivity index (χ1) is 8.82. The number of carbonyl (C=O) groups is 1. The molecule has 2 aliphatic rings. The van der Waals surface area contributed by atoms with Crippen molar-refractivity contribution in [3.05, 3.63) is 0 Å². The van der Waals surface area contributed by atoms with Gasteiger partial charge in [-0.2, -0.15) is 0 Å². The summed E-state index contributed by atoms with van der Waals surface area (Å²) in [4.78, 5) is 11.3. The van der Waals surface area contributed by atoms with Crippen LogP contribution in [0.5, 0.6) is 0 Å². The minimum Gasteiger partial charge on any atom is -0.464 e. The predicted octanol–water partition coefficient (Wildman–Crippen LogP) is 1.96. The zero-order chi connectivity index (χ0) is 14.1. The number of ether oxygens (including phenoxy) is 2. The number of amides is 1. The van der Waals surface area contributed by atoms with E-state index >= 15 is 0 Å². The third-order valence-corrected chi connectivity index (χ3v) is 3.73. The van der Waals surface area contributed by atoms with E-state index < -0.39 is 17.4 Å². The summed E-state index contributed by atoms with van der Waals surface area (Å²) in [5.74, 6) is -0.395. The molecule has 1 amide bonds. The second kappa shape index (κ2) is 5.26. The number of carboxylic acid groups (broad SMARTS) is 1. The van der Waals surface area contributed by atoms with E-state index in [2.05, 4.69) is 5.43 Å². The van der Waals surface area contributed by atoms with E-state index in [0.717, 1.165) is 25.7 Å². The molecule has 0 radical (unpaired) electrons. The highest BCUT2D eigenvalue weighted by molar-refractivity contribution is 5.65. The van der Waals surface area contributed by atoms with Crippen LogP contribution in [-0.2, 0) is 9.47 Å². The SMILES string of the molecule is CC(C)(C)N(NC1CCC2(CC1)OCCO2)C(=O)O. The molecule has 110 valence electrons. The maximum atomic E-state index is 11.3. The summed E-state index contributed by atoms with van der Waals surface area (Å²) in [5.41, 5.74) is 2.67. The molecule has 6 heteroatoms. The van der Waals surface area contributed by atoms with Gasteiger partial charge >= 0.3 is 6.09 Å². The van der Waals surface area contributed by atoms with Gasteiger partial charge in [-0.15, -0.1) is 0 Å². The Hall–Kier alpha value is -0.850. The summed E-state index contributed by atoms with van der Waals surface area (Å²) < 4.78 is 11.3. The Labute approximate surface area is 114 Å². The first kappa shape index (κ1) is 14.6. The largest absolute Gasteiger partial charge is 0.464 e. The summed E-state index contributed by atoms with van der Waals surface area (Å²) in [7, 11) is 0. The standard InChI is InChI=1S/C13H24N2O4/c1-12(2,3)15(11(16)17)14-10-4-6-13(7-5-10)18-8-9-19-13/h10,14H,4-9H2,1-3H3,(H,16,17). The lowest BCUT2D eigenvalue weighted by atomic mass is 9.90. The molecule has 2 N–H and O–H groups in total. The molecule has 1 aliphatic carbocycles. The second-order valence-corrected chi connectivity index (χ2v) is 6.30. The molecule has 6 nitrogen and oxygen atoms in total. The average Bonchev–Trinajstić information content (AvgIpc) is 2.75. The highest BCUT2D eigenvalue weighted by atomic mass is 16.7. The molecule has 0 aromatic rings. The molecule has 0 atom stereocenters. The fraction of sp³-hybridized carbons (Fsp3) is 0.923. The number of hydrogen-bond acceptors (Lipinski definition) is 4. The maximum absolute atomic E-state index is 11.3. The first-order valence-corrected chi connectivity index (χ1v) is 6.90. The van der Waals surface area contributed by atoms with Crippen molar-refractivity contribution >= 4 is 6.09 Å². The van der Waals surface area contributed by atoms with E-state index in [4.69, 9.17) is 9.47 Å². The lowest BCUT2D eigenvalue weighted by molar-refractivity contribution is -0.181. The third-order valence-electron chi connectivity index (χ3n) is 3.73. The van der Waals surface area contributed by atoms with Crippen LogP contribution in [-0.4, -0.2) is 46.8 Å². The van der Waals surface area contributed by atoms with Gasteiger partial charge in [-0.1, -0.05) is 0 Å². The highest BCUT2D eigenvalue weighted by Crippen LogP contribution is 2.36. The van der Waals surface area contributed by atoms with Crippen molar-refractivity contribution in [2.75, 3.05) is 13.2 Å². The van der Waals surface area contributed by atoms with Gasteiger partial charge in [0.25, 0.3) is 0 Å². The minimum absolute atomic E-state index is 0.161. The van der Waals surface area contributed by atoms with Gasteiger partial charge in [0.2, 0.25) is 0 Å². The van der Waals surface area contributed by atoms with E-state index in [9.17, 15) is 9.90 Å². The van der Waals surface area contributed by atoms with Gasteiger partial charge in [0, 0.05) is 18.9 Å². The molecule has 2 fully saturated rings. The molecule has 1 saturated carbocycles. The Kier molecular flexibility index (Phi) is 4.03. The van der Waals surface area contributed by atoms with Crippen LogP contribution in [0.1, 0.15) is 46.5 Å². The highest BCUT2D eigenvalue weighted by Gasteiger charge is 2.41. The molecule has 2 rings (SSSR count). The van der Waals surface area contributed by atoms with Crippen molar-refractivity contribution in [2.24, 2.45) is 0 Å². The predicted molar refractivity (Wildman–Crippen MR) is 69.6 cm³/mol. The monoisotopic (exact) mass is 272 g/mol. The fourth-order valence-corrected chi connectivity index (χ4v) is 2.69. The van der Waals surface area contributed by atoms with Crippen molar-refractivity contribution < 1.29 is 19.4 Å². The van der Waals surface area contributed by atoms with Gasteiger partial charge in [-0.25, -0.2) is 15.2 Å². The van der Waals surface area contributed by atoms with Gasteiger partial charge in [-0.3, -0.25) is 0 Å². The Morgan fingerprint density at radius 1 is 1.26 bits per heavy atom. The van der Waals surface area contributed by atoms with Crippen molar-refractivity contribution in [2.45, 2.75) is 63.8 Å². The number of hydrogen-bond donors (Lipinski definition) is 2. The van der Waals surface area contributed by atoms with Gasteiger partial charge in [0.1, 0.15) is 0 Å². The Morgan fingerprint density at radius 3 is 2.21 bits per heavy atom. The normalized spacial score (nSPS) is 23.7. The molecule has 1 saturated heterocycles. The topological polar surface area (TPSA) is 71.0 Å². The third kappa shape index (κ3) is 3.38. The number of hydrazine groups is 1. The van der Waals surface area contributed by atoms with Crippen molar-refractivity contribution in [1.82, 2.24) is 10.4 Å². The zero-order valence-electron chi connectivity index (χ0n) is 11.9. The van der Waals surface area contributed by atoms with Gasteiger partial charge < -0.3 is 14.6 Å². The van der Waals surface area contributed by atoms with E-state index in [0.29, 0.717) is 13.2 Å². The van der Waals surface area contributed by atoms with E-state index in [1.54, 1.807) is 0 Å². The van der Waals surface area contributed by atoms with Crippen molar-refractivity contribution in [3.8, 4) is 0 Å². The quantitative estimate of drug-likeness (QED) is 0.752. The lowest BCUT2D eigenvalue weighted by Gasteiger charge is -2.40. The van der Waals surface area contributed by atoms with Crippen LogP contribution in [0.2, 0.25) is 0 Å². The molecule has 0 aromatic carbocycles.